The molecule has 0 spiro atoms. The van der Waals surface area contributed by atoms with Crippen molar-refractivity contribution in [3.05, 3.63) is 29.3 Å². The van der Waals surface area contributed by atoms with Crippen molar-refractivity contribution in [2.45, 2.75) is 31.8 Å². The van der Waals surface area contributed by atoms with Gasteiger partial charge in [-0.2, -0.15) is 0 Å². The minimum absolute atomic E-state index is 0.270. The van der Waals surface area contributed by atoms with Crippen LogP contribution in [0, 0.1) is 6.92 Å². The first-order valence-corrected chi connectivity index (χ1v) is 7.26. The largest absolute Gasteiger partial charge is 0.469 e. The first kappa shape index (κ1) is 16.8. The number of hydrogen-bond donors (Lipinski definition) is 2. The van der Waals surface area contributed by atoms with E-state index in [0.29, 0.717) is 6.42 Å². The lowest BCUT2D eigenvalue weighted by molar-refractivity contribution is -0.150. The summed E-state index contributed by atoms with van der Waals surface area (Å²) in [6, 6.07) is 4.29. The predicted octanol–water partition coefficient (Wildman–Crippen LogP) is 0.553. The van der Waals surface area contributed by atoms with Crippen LogP contribution in [0.2, 0.25) is 0 Å². The van der Waals surface area contributed by atoms with Gasteiger partial charge in [-0.05, 0) is 18.1 Å². The van der Waals surface area contributed by atoms with Crippen LogP contribution in [0.3, 0.4) is 0 Å². The SMILES string of the molecule is COC(=O)C[C@@H](NC(=O)C1Cc2cccc(C)c2N1)C(=O)OC. The Balaban J connectivity index is 2.04. The van der Waals surface area contributed by atoms with Crippen LogP contribution in [0.1, 0.15) is 17.5 Å². The molecule has 1 aromatic rings. The van der Waals surface area contributed by atoms with Gasteiger partial charge in [-0.3, -0.25) is 9.59 Å². The second-order valence-electron chi connectivity index (χ2n) is 5.37. The minimum Gasteiger partial charge on any atom is -0.469 e. The molecule has 7 nitrogen and oxygen atoms in total. The van der Waals surface area contributed by atoms with Gasteiger partial charge in [0.05, 0.1) is 20.6 Å². The van der Waals surface area contributed by atoms with Gasteiger partial charge in [0.15, 0.2) is 0 Å². The van der Waals surface area contributed by atoms with Crippen molar-refractivity contribution < 1.29 is 23.9 Å². The predicted molar refractivity (Wildman–Crippen MR) is 82.9 cm³/mol. The minimum atomic E-state index is -1.06. The normalized spacial score (nSPS) is 16.7. The van der Waals surface area contributed by atoms with Gasteiger partial charge >= 0.3 is 11.9 Å². The molecular formula is C16H20N2O5. The molecule has 1 aliphatic rings. The summed E-state index contributed by atoms with van der Waals surface area (Å²) in [4.78, 5) is 35.5. The molecule has 0 aliphatic carbocycles. The highest BCUT2D eigenvalue weighted by Crippen LogP contribution is 2.29. The zero-order chi connectivity index (χ0) is 17.0. The van der Waals surface area contributed by atoms with Crippen LogP contribution < -0.4 is 10.6 Å². The highest BCUT2D eigenvalue weighted by Gasteiger charge is 2.32. The van der Waals surface area contributed by atoms with E-state index < -0.39 is 24.0 Å². The Morgan fingerprint density at radius 1 is 1.30 bits per heavy atom. The van der Waals surface area contributed by atoms with Crippen molar-refractivity contribution >= 4 is 23.5 Å². The molecule has 2 atom stereocenters. The molecule has 1 amide bonds. The zero-order valence-corrected chi connectivity index (χ0v) is 13.3. The molecule has 124 valence electrons. The van der Waals surface area contributed by atoms with E-state index in [9.17, 15) is 14.4 Å². The average Bonchev–Trinajstić information content (AvgIpc) is 2.99. The third-order valence-electron chi connectivity index (χ3n) is 3.82. The summed E-state index contributed by atoms with van der Waals surface area (Å²) in [6.45, 7) is 1.96. The van der Waals surface area contributed by atoms with E-state index in [1.807, 2.05) is 25.1 Å². The molecule has 1 heterocycles. The summed E-state index contributed by atoms with van der Waals surface area (Å²) in [6.07, 6.45) is 0.253. The maximum absolute atomic E-state index is 12.4. The van der Waals surface area contributed by atoms with Crippen molar-refractivity contribution in [1.29, 1.82) is 0 Å². The lowest BCUT2D eigenvalue weighted by Crippen LogP contribution is -2.48. The van der Waals surface area contributed by atoms with Crippen molar-refractivity contribution in [2.75, 3.05) is 19.5 Å². The van der Waals surface area contributed by atoms with E-state index >= 15 is 0 Å². The fraction of sp³-hybridized carbons (Fsp3) is 0.438. The first-order chi connectivity index (χ1) is 11.0. The quantitative estimate of drug-likeness (QED) is 0.770. The van der Waals surface area contributed by atoms with Crippen molar-refractivity contribution in [3.63, 3.8) is 0 Å². The topological polar surface area (TPSA) is 93.7 Å². The van der Waals surface area contributed by atoms with Gasteiger partial charge in [0.25, 0.3) is 0 Å². The molecule has 0 aromatic heterocycles. The standard InChI is InChI=1S/C16H20N2O5/c1-9-5-4-6-10-7-11(17-14(9)10)15(20)18-12(16(21)23-3)8-13(19)22-2/h4-6,11-12,17H,7-8H2,1-3H3,(H,18,20)/t11?,12-/m1/s1. The van der Waals surface area contributed by atoms with Crippen molar-refractivity contribution in [3.8, 4) is 0 Å². The highest BCUT2D eigenvalue weighted by atomic mass is 16.5. The number of para-hydroxylation sites is 1. The maximum Gasteiger partial charge on any atom is 0.328 e. The summed E-state index contributed by atoms with van der Waals surface area (Å²) in [5.74, 6) is -1.64. The number of fused-ring (bicyclic) bond motifs is 1. The van der Waals surface area contributed by atoms with Gasteiger partial charge in [-0.25, -0.2) is 4.79 Å². The van der Waals surface area contributed by atoms with Crippen LogP contribution in [0.4, 0.5) is 5.69 Å². The van der Waals surface area contributed by atoms with E-state index in [2.05, 4.69) is 20.1 Å². The van der Waals surface area contributed by atoms with Crippen molar-refractivity contribution in [2.24, 2.45) is 0 Å². The van der Waals surface area contributed by atoms with Crippen LogP contribution in [0.25, 0.3) is 0 Å². The van der Waals surface area contributed by atoms with E-state index in [4.69, 9.17) is 0 Å². The maximum atomic E-state index is 12.4. The second-order valence-corrected chi connectivity index (χ2v) is 5.37. The number of benzene rings is 1. The monoisotopic (exact) mass is 320 g/mol. The Bertz CT molecular complexity index is 629. The molecule has 1 unspecified atom stereocenters. The van der Waals surface area contributed by atoms with Crippen LogP contribution in [-0.4, -0.2) is 44.1 Å². The molecule has 1 aliphatic heterocycles. The number of aryl methyl sites for hydroxylation is 1. The van der Waals surface area contributed by atoms with E-state index in [1.54, 1.807) is 0 Å². The molecule has 0 saturated carbocycles. The number of rotatable bonds is 5. The molecule has 0 fully saturated rings. The number of esters is 2. The fourth-order valence-corrected chi connectivity index (χ4v) is 2.57. The number of carbonyl (C=O) groups is 3. The van der Waals surface area contributed by atoms with Gasteiger partial charge in [0.1, 0.15) is 12.1 Å². The van der Waals surface area contributed by atoms with E-state index in [1.165, 1.54) is 14.2 Å². The lowest BCUT2D eigenvalue weighted by atomic mass is 10.1. The number of ether oxygens (including phenoxy) is 2. The molecule has 2 rings (SSSR count). The Hall–Kier alpha value is -2.57. The lowest BCUT2D eigenvalue weighted by Gasteiger charge is -2.18. The number of carbonyl (C=O) groups excluding carboxylic acids is 3. The van der Waals surface area contributed by atoms with Gasteiger partial charge in [0.2, 0.25) is 5.91 Å². The Kier molecular flexibility index (Phi) is 5.20. The molecule has 1 aromatic carbocycles. The second kappa shape index (κ2) is 7.13. The van der Waals surface area contributed by atoms with Gasteiger partial charge < -0.3 is 20.1 Å². The molecule has 0 saturated heterocycles. The molecule has 0 radical (unpaired) electrons. The number of amides is 1. The fourth-order valence-electron chi connectivity index (χ4n) is 2.57. The number of methoxy groups -OCH3 is 2. The molecular weight excluding hydrogens is 300 g/mol. The van der Waals surface area contributed by atoms with Crippen molar-refractivity contribution in [1.82, 2.24) is 5.32 Å². The highest BCUT2D eigenvalue weighted by molar-refractivity contribution is 5.92. The number of hydrogen-bond acceptors (Lipinski definition) is 6. The first-order valence-electron chi connectivity index (χ1n) is 7.26. The average molecular weight is 320 g/mol. The van der Waals surface area contributed by atoms with Crippen LogP contribution >= 0.6 is 0 Å². The number of nitrogens with one attached hydrogen (secondary N) is 2. The number of anilines is 1. The van der Waals surface area contributed by atoms with Gasteiger partial charge in [0, 0.05) is 12.1 Å². The smallest absolute Gasteiger partial charge is 0.328 e. The Labute approximate surface area is 134 Å². The van der Waals surface area contributed by atoms with E-state index in [-0.39, 0.29) is 12.3 Å². The third-order valence-corrected chi connectivity index (χ3v) is 3.82. The molecule has 0 bridgehead atoms. The van der Waals surface area contributed by atoms with Crippen LogP contribution in [0.5, 0.6) is 0 Å². The molecule has 7 heteroatoms. The Morgan fingerprint density at radius 3 is 2.65 bits per heavy atom. The zero-order valence-electron chi connectivity index (χ0n) is 13.3. The summed E-state index contributed by atoms with van der Waals surface area (Å²) in [5, 5.41) is 5.70. The summed E-state index contributed by atoms with van der Waals surface area (Å²) >= 11 is 0. The van der Waals surface area contributed by atoms with Crippen LogP contribution in [0.15, 0.2) is 18.2 Å². The molecule has 2 N–H and O–H groups in total. The summed E-state index contributed by atoms with van der Waals surface area (Å²) in [7, 11) is 2.42. The summed E-state index contributed by atoms with van der Waals surface area (Å²) in [5.41, 5.74) is 3.04. The van der Waals surface area contributed by atoms with Crippen LogP contribution in [-0.2, 0) is 30.3 Å². The molecule has 23 heavy (non-hydrogen) atoms. The third kappa shape index (κ3) is 3.80. The Morgan fingerprint density at radius 2 is 2.04 bits per heavy atom. The van der Waals surface area contributed by atoms with Gasteiger partial charge in [-0.1, -0.05) is 18.2 Å². The summed E-state index contributed by atoms with van der Waals surface area (Å²) < 4.78 is 9.16. The van der Waals surface area contributed by atoms with Gasteiger partial charge in [-0.15, -0.1) is 0 Å². The van der Waals surface area contributed by atoms with E-state index in [0.717, 1.165) is 16.8 Å².